The van der Waals surface area contributed by atoms with Crippen molar-refractivity contribution >= 4 is 24.2 Å². The maximum absolute atomic E-state index is 9.62. The Morgan fingerprint density at radius 3 is 2.33 bits per heavy atom. The number of nitrogens with zero attached hydrogens (tertiary/aromatic N) is 3. The third kappa shape index (κ3) is 2.55. The molecule has 2 aromatic carbocycles. The van der Waals surface area contributed by atoms with Gasteiger partial charge in [0.15, 0.2) is 11.0 Å². The van der Waals surface area contributed by atoms with Crippen LogP contribution in [-0.4, -0.2) is 25.0 Å². The Hall–Kier alpha value is -2.18. The number of aromatic nitrogens is 3. The van der Waals surface area contributed by atoms with Crippen molar-refractivity contribution in [1.29, 1.82) is 0 Å². The molecule has 3 rings (SSSR count). The van der Waals surface area contributed by atoms with Crippen molar-refractivity contribution in [1.82, 2.24) is 14.8 Å². The van der Waals surface area contributed by atoms with Gasteiger partial charge in [-0.05, 0) is 24.3 Å². The monoisotopic (exact) mass is 319 g/mol. The maximum atomic E-state index is 9.62. The van der Waals surface area contributed by atoms with E-state index in [1.165, 1.54) is 18.2 Å². The van der Waals surface area contributed by atoms with Crippen LogP contribution in [0.25, 0.3) is 17.1 Å². The average Bonchev–Trinajstić information content (AvgIpc) is 2.80. The summed E-state index contributed by atoms with van der Waals surface area (Å²) in [7, 11) is 0. The Morgan fingerprint density at radius 2 is 1.67 bits per heavy atom. The van der Waals surface area contributed by atoms with Crippen LogP contribution in [0.15, 0.2) is 47.6 Å². The summed E-state index contributed by atoms with van der Waals surface area (Å²) in [6, 6.07) is 11.4. The predicted molar refractivity (Wildman–Crippen MR) is 82.4 cm³/mol. The van der Waals surface area contributed by atoms with E-state index in [-0.39, 0.29) is 11.5 Å². The van der Waals surface area contributed by atoms with Crippen molar-refractivity contribution in [3.8, 4) is 28.6 Å². The van der Waals surface area contributed by atoms with Gasteiger partial charge in [-0.25, -0.2) is 0 Å². The number of thiol groups is 1. The zero-order chi connectivity index (χ0) is 15.0. The van der Waals surface area contributed by atoms with E-state index in [1.54, 1.807) is 16.7 Å². The molecule has 0 unspecified atom stereocenters. The number of phenols is 2. The number of halogens is 1. The lowest BCUT2D eigenvalue weighted by atomic mass is 10.2. The number of aromatic hydroxyl groups is 2. The quantitative estimate of drug-likeness (QED) is 0.634. The molecule has 0 aliphatic carbocycles. The van der Waals surface area contributed by atoms with Gasteiger partial charge in [0.2, 0.25) is 0 Å². The van der Waals surface area contributed by atoms with E-state index in [4.69, 9.17) is 11.6 Å². The van der Waals surface area contributed by atoms with Crippen molar-refractivity contribution in [2.45, 2.75) is 5.16 Å². The van der Waals surface area contributed by atoms with Gasteiger partial charge in [0, 0.05) is 11.6 Å². The minimum atomic E-state index is -0.0700. The maximum Gasteiger partial charge on any atom is 0.193 e. The topological polar surface area (TPSA) is 71.2 Å². The van der Waals surface area contributed by atoms with Crippen LogP contribution in [0.4, 0.5) is 0 Å². The minimum absolute atomic E-state index is 0.0700. The van der Waals surface area contributed by atoms with Crippen LogP contribution in [0.5, 0.6) is 11.5 Å². The summed E-state index contributed by atoms with van der Waals surface area (Å²) in [5.41, 5.74) is 1.16. The first-order valence-electron chi connectivity index (χ1n) is 5.99. The third-order valence-electron chi connectivity index (χ3n) is 2.90. The van der Waals surface area contributed by atoms with Crippen LogP contribution in [0.3, 0.4) is 0 Å². The minimum Gasteiger partial charge on any atom is -0.508 e. The lowest BCUT2D eigenvalue weighted by Crippen LogP contribution is -1.99. The molecule has 0 aliphatic heterocycles. The van der Waals surface area contributed by atoms with E-state index in [0.29, 0.717) is 27.3 Å². The van der Waals surface area contributed by atoms with Gasteiger partial charge in [0.25, 0.3) is 0 Å². The number of para-hydroxylation sites is 1. The average molecular weight is 320 g/mol. The van der Waals surface area contributed by atoms with Gasteiger partial charge in [0.05, 0.1) is 10.7 Å². The molecule has 0 amide bonds. The second-order valence-corrected chi connectivity index (χ2v) is 5.16. The van der Waals surface area contributed by atoms with E-state index in [2.05, 4.69) is 22.8 Å². The first-order chi connectivity index (χ1) is 10.1. The number of hydrogen-bond donors (Lipinski definition) is 3. The Morgan fingerprint density at radius 1 is 1.00 bits per heavy atom. The fraction of sp³-hybridized carbons (Fsp3) is 0. The molecule has 1 heterocycles. The summed E-state index contributed by atoms with van der Waals surface area (Å²) in [4.78, 5) is 0. The van der Waals surface area contributed by atoms with Crippen LogP contribution in [0, 0.1) is 0 Å². The van der Waals surface area contributed by atoms with Crippen LogP contribution in [-0.2, 0) is 0 Å². The summed E-state index contributed by atoms with van der Waals surface area (Å²) in [5.74, 6) is 0.276. The van der Waals surface area contributed by atoms with Gasteiger partial charge >= 0.3 is 0 Å². The van der Waals surface area contributed by atoms with Crippen LogP contribution < -0.4 is 0 Å². The molecular formula is C14H10ClN3O2S. The van der Waals surface area contributed by atoms with E-state index < -0.39 is 0 Å². The van der Waals surface area contributed by atoms with Crippen LogP contribution in [0.1, 0.15) is 0 Å². The zero-order valence-electron chi connectivity index (χ0n) is 10.6. The Balaban J connectivity index is 2.24. The molecule has 5 nitrogen and oxygen atoms in total. The van der Waals surface area contributed by atoms with Crippen molar-refractivity contribution in [3.63, 3.8) is 0 Å². The number of rotatable bonds is 2. The van der Waals surface area contributed by atoms with Crippen LogP contribution >= 0.6 is 24.2 Å². The smallest absolute Gasteiger partial charge is 0.193 e. The molecule has 7 heteroatoms. The summed E-state index contributed by atoms with van der Waals surface area (Å²) in [6.45, 7) is 0. The molecule has 0 saturated carbocycles. The largest absolute Gasteiger partial charge is 0.508 e. The van der Waals surface area contributed by atoms with Crippen molar-refractivity contribution in [2.75, 3.05) is 0 Å². The number of benzene rings is 2. The summed E-state index contributed by atoms with van der Waals surface area (Å²) >= 11 is 10.5. The lowest BCUT2D eigenvalue weighted by Gasteiger charge is -2.10. The van der Waals surface area contributed by atoms with Gasteiger partial charge in [-0.3, -0.25) is 4.57 Å². The predicted octanol–water partition coefficient (Wildman–Crippen LogP) is 3.29. The molecule has 0 saturated heterocycles. The Kier molecular flexibility index (Phi) is 3.48. The van der Waals surface area contributed by atoms with Gasteiger partial charge < -0.3 is 10.2 Å². The molecule has 1 aromatic heterocycles. The van der Waals surface area contributed by atoms with Gasteiger partial charge in [-0.2, -0.15) is 0 Å². The highest BCUT2D eigenvalue weighted by molar-refractivity contribution is 7.80. The zero-order valence-corrected chi connectivity index (χ0v) is 12.3. The SMILES string of the molecule is Oc1cc(O)cc(-c2nnc(S)n2-c2ccccc2Cl)c1. The van der Waals surface area contributed by atoms with Crippen molar-refractivity contribution in [3.05, 3.63) is 47.5 Å². The molecular weight excluding hydrogens is 310 g/mol. The van der Waals surface area contributed by atoms with Crippen molar-refractivity contribution in [2.24, 2.45) is 0 Å². The van der Waals surface area contributed by atoms with Gasteiger partial charge in [0.1, 0.15) is 11.5 Å². The highest BCUT2D eigenvalue weighted by atomic mass is 35.5. The second-order valence-electron chi connectivity index (χ2n) is 4.35. The molecule has 0 radical (unpaired) electrons. The fourth-order valence-corrected chi connectivity index (χ4v) is 2.51. The molecule has 21 heavy (non-hydrogen) atoms. The molecule has 0 bridgehead atoms. The first-order valence-corrected chi connectivity index (χ1v) is 6.81. The van der Waals surface area contributed by atoms with E-state index in [1.807, 2.05) is 12.1 Å². The fourth-order valence-electron chi connectivity index (χ4n) is 2.04. The van der Waals surface area contributed by atoms with E-state index in [9.17, 15) is 10.2 Å². The Labute approximate surface area is 130 Å². The van der Waals surface area contributed by atoms with E-state index >= 15 is 0 Å². The summed E-state index contributed by atoms with van der Waals surface area (Å²) in [5, 5.41) is 28.1. The molecule has 0 spiro atoms. The van der Waals surface area contributed by atoms with Gasteiger partial charge in [-0.1, -0.05) is 23.7 Å². The molecule has 0 aliphatic rings. The Bertz CT molecular complexity index is 799. The summed E-state index contributed by atoms with van der Waals surface area (Å²) < 4.78 is 1.64. The lowest BCUT2D eigenvalue weighted by molar-refractivity contribution is 0.451. The third-order valence-corrected chi connectivity index (χ3v) is 3.51. The highest BCUT2D eigenvalue weighted by Gasteiger charge is 2.16. The van der Waals surface area contributed by atoms with Gasteiger partial charge in [-0.15, -0.1) is 22.8 Å². The summed E-state index contributed by atoms with van der Waals surface area (Å²) in [6.07, 6.45) is 0. The molecule has 0 atom stereocenters. The highest BCUT2D eigenvalue weighted by Crippen LogP contribution is 2.32. The molecule has 106 valence electrons. The van der Waals surface area contributed by atoms with E-state index in [0.717, 1.165) is 0 Å². The normalized spacial score (nSPS) is 10.8. The first kappa shape index (κ1) is 13.8. The number of hydrogen-bond acceptors (Lipinski definition) is 5. The molecule has 2 N–H and O–H groups in total. The standard InChI is InChI=1S/C14H10ClN3O2S/c15-11-3-1-2-4-12(11)18-13(16-17-14(18)21)8-5-9(19)7-10(20)6-8/h1-7,19-20H,(H,17,21). The molecule has 3 aromatic rings. The molecule has 0 fully saturated rings. The second kappa shape index (κ2) is 5.31. The number of phenolic OH excluding ortho intramolecular Hbond substituents is 2. The van der Waals surface area contributed by atoms with Crippen molar-refractivity contribution < 1.29 is 10.2 Å². The van der Waals surface area contributed by atoms with Crippen LogP contribution in [0.2, 0.25) is 5.02 Å².